The van der Waals surface area contributed by atoms with Gasteiger partial charge in [-0.3, -0.25) is 38.9 Å². The quantitative estimate of drug-likeness (QED) is 0.245. The Morgan fingerprint density at radius 1 is 1.02 bits per heavy atom. The number of carbonyl (C=O) groups excluding carboxylic acids is 5. The fourth-order valence-electron chi connectivity index (χ4n) is 6.90. The zero-order valence-electron chi connectivity index (χ0n) is 26.1. The predicted octanol–water partition coefficient (Wildman–Crippen LogP) is 2.93. The van der Waals surface area contributed by atoms with E-state index in [1.165, 1.54) is 10.5 Å². The van der Waals surface area contributed by atoms with E-state index in [0.717, 1.165) is 11.4 Å². The molecule has 6 rings (SSSR count). The van der Waals surface area contributed by atoms with Crippen molar-refractivity contribution in [2.75, 3.05) is 43.4 Å². The van der Waals surface area contributed by atoms with Gasteiger partial charge in [0.2, 0.25) is 18.2 Å². The molecule has 3 aliphatic rings. The molecule has 0 spiro atoms. The number of nitrogens with one attached hydrogen (secondary N) is 2. The number of likely N-dealkylation sites (tertiary alicyclic amines) is 1. The van der Waals surface area contributed by atoms with Gasteiger partial charge in [-0.25, -0.2) is 0 Å². The average molecular weight is 626 g/mol. The summed E-state index contributed by atoms with van der Waals surface area (Å²) in [6.45, 7) is 4.44. The second-order valence-electron chi connectivity index (χ2n) is 12.4. The van der Waals surface area contributed by atoms with Crippen molar-refractivity contribution in [2.45, 2.75) is 44.7 Å². The number of fused-ring (bicyclic) bond motifs is 1. The molecule has 12 heteroatoms. The molecule has 2 N–H and O–H groups in total. The van der Waals surface area contributed by atoms with Gasteiger partial charge in [-0.1, -0.05) is 30.3 Å². The number of hydrogen-bond acceptors (Lipinski definition) is 8. The largest absolute Gasteiger partial charge is 0.386 e. The fourth-order valence-corrected chi connectivity index (χ4v) is 6.90. The minimum Gasteiger partial charge on any atom is -0.386 e. The van der Waals surface area contributed by atoms with Crippen molar-refractivity contribution in [3.63, 3.8) is 0 Å². The Labute approximate surface area is 267 Å². The Bertz CT molecular complexity index is 1630. The van der Waals surface area contributed by atoms with Gasteiger partial charge < -0.3 is 15.1 Å². The third-order valence-corrected chi connectivity index (χ3v) is 9.55. The minimum atomic E-state index is -0.496. The lowest BCUT2D eigenvalue weighted by atomic mass is 9.85. The summed E-state index contributed by atoms with van der Waals surface area (Å²) < 4.78 is 2.00. The highest BCUT2D eigenvalue weighted by atomic mass is 16.2. The van der Waals surface area contributed by atoms with E-state index >= 15 is 0 Å². The number of amides is 5. The van der Waals surface area contributed by atoms with E-state index in [1.54, 1.807) is 19.1 Å². The van der Waals surface area contributed by atoms with Crippen LogP contribution in [-0.2, 0) is 14.4 Å². The van der Waals surface area contributed by atoms with Crippen molar-refractivity contribution < 1.29 is 24.0 Å². The Morgan fingerprint density at radius 2 is 1.74 bits per heavy atom. The lowest BCUT2D eigenvalue weighted by Crippen LogP contribution is -2.55. The summed E-state index contributed by atoms with van der Waals surface area (Å²) in [5.74, 6) is -0.812. The molecule has 0 saturated carbocycles. The van der Waals surface area contributed by atoms with Gasteiger partial charge >= 0.3 is 0 Å². The number of benzene rings is 2. The smallest absolute Gasteiger partial charge is 0.261 e. The zero-order chi connectivity index (χ0) is 32.4. The van der Waals surface area contributed by atoms with Crippen molar-refractivity contribution in [3.8, 4) is 0 Å². The van der Waals surface area contributed by atoms with Gasteiger partial charge in [0, 0.05) is 69.4 Å². The summed E-state index contributed by atoms with van der Waals surface area (Å²) in [6, 6.07) is 15.2. The van der Waals surface area contributed by atoms with E-state index in [-0.39, 0.29) is 48.4 Å². The van der Waals surface area contributed by atoms with Crippen molar-refractivity contribution in [1.29, 1.82) is 0 Å². The molecule has 46 heavy (non-hydrogen) atoms. The van der Waals surface area contributed by atoms with Crippen LogP contribution < -0.4 is 15.5 Å². The number of aromatic nitrogens is 2. The van der Waals surface area contributed by atoms with E-state index in [2.05, 4.69) is 32.8 Å². The molecule has 12 nitrogen and oxygen atoms in total. The zero-order valence-corrected chi connectivity index (χ0v) is 26.1. The summed E-state index contributed by atoms with van der Waals surface area (Å²) in [7, 11) is 1.87. The number of carbonyl (C=O) groups is 5. The molecule has 2 unspecified atom stereocenters. The van der Waals surface area contributed by atoms with E-state index < -0.39 is 11.9 Å². The van der Waals surface area contributed by atoms with Crippen LogP contribution in [0.5, 0.6) is 0 Å². The van der Waals surface area contributed by atoms with Crippen LogP contribution in [-0.4, -0.2) is 88.9 Å². The average Bonchev–Trinajstić information content (AvgIpc) is 3.63. The number of rotatable bonds is 11. The first-order valence-electron chi connectivity index (χ1n) is 15.8. The molecular weight excluding hydrogens is 586 g/mol. The van der Waals surface area contributed by atoms with Crippen LogP contribution in [0.4, 0.5) is 11.4 Å². The van der Waals surface area contributed by atoms with Crippen LogP contribution in [0, 0.1) is 11.8 Å². The molecular formula is C34H39N7O5. The Morgan fingerprint density at radius 3 is 2.41 bits per heavy atom. The fraction of sp³-hybridized carbons (Fsp3) is 0.412. The molecule has 0 radical (unpaired) electrons. The number of hydrogen-bond donors (Lipinski definition) is 2. The van der Waals surface area contributed by atoms with E-state index in [0.29, 0.717) is 56.6 Å². The van der Waals surface area contributed by atoms with Crippen molar-refractivity contribution in [1.82, 2.24) is 24.9 Å². The predicted molar refractivity (Wildman–Crippen MR) is 171 cm³/mol. The van der Waals surface area contributed by atoms with Gasteiger partial charge in [0.15, 0.2) is 0 Å². The maximum atomic E-state index is 13.5. The van der Waals surface area contributed by atoms with Gasteiger partial charge in [-0.05, 0) is 49.9 Å². The van der Waals surface area contributed by atoms with Crippen molar-refractivity contribution in [3.05, 3.63) is 77.6 Å². The topological polar surface area (TPSA) is 137 Å². The first kappa shape index (κ1) is 31.0. The lowest BCUT2D eigenvalue weighted by Gasteiger charge is -2.45. The summed E-state index contributed by atoms with van der Waals surface area (Å²) in [5.41, 5.74) is 3.67. The third kappa shape index (κ3) is 5.99. The molecule has 2 saturated heterocycles. The van der Waals surface area contributed by atoms with Gasteiger partial charge in [0.1, 0.15) is 0 Å². The van der Waals surface area contributed by atoms with Gasteiger partial charge in [0.05, 0.1) is 29.1 Å². The van der Waals surface area contributed by atoms with Gasteiger partial charge in [-0.2, -0.15) is 5.10 Å². The maximum absolute atomic E-state index is 13.5. The minimum absolute atomic E-state index is 0.0276. The molecule has 2 atom stereocenters. The standard InChI is InChI=1S/C34H39N7O5/c1-22(8-11-30(43)36-21-42)41-33(45)28-10-9-27(16-29(28)34(41)46)38-14-12-24(13-15-38)32(44)39-18-25(19-39)31(23-6-4-3-5-7-23)40-20-26(35-2)17-37-40/h3-7,9-10,16-17,20-22,24-25,31,35H,8,11-15,18-19H2,1-2H3,(H,36,42,43). The Kier molecular flexibility index (Phi) is 8.87. The first-order chi connectivity index (χ1) is 22.3. The molecule has 0 bridgehead atoms. The van der Waals surface area contributed by atoms with Crippen LogP contribution in [0.1, 0.15) is 64.9 Å². The van der Waals surface area contributed by atoms with Crippen LogP contribution in [0.15, 0.2) is 60.9 Å². The number of imide groups is 2. The summed E-state index contributed by atoms with van der Waals surface area (Å²) >= 11 is 0. The molecule has 240 valence electrons. The molecule has 2 fully saturated rings. The molecule has 5 amide bonds. The number of nitrogens with zero attached hydrogens (tertiary/aromatic N) is 5. The first-order valence-corrected chi connectivity index (χ1v) is 15.8. The van der Waals surface area contributed by atoms with Crippen LogP contribution in [0.2, 0.25) is 0 Å². The van der Waals surface area contributed by atoms with E-state index in [4.69, 9.17) is 0 Å². The molecule has 4 heterocycles. The van der Waals surface area contributed by atoms with Gasteiger partial charge in [-0.15, -0.1) is 0 Å². The normalized spacial score (nSPS) is 18.2. The lowest BCUT2D eigenvalue weighted by molar-refractivity contribution is -0.143. The van der Waals surface area contributed by atoms with Crippen molar-refractivity contribution in [2.24, 2.45) is 11.8 Å². The van der Waals surface area contributed by atoms with Crippen LogP contribution >= 0.6 is 0 Å². The van der Waals surface area contributed by atoms with Crippen LogP contribution in [0.3, 0.4) is 0 Å². The summed E-state index contributed by atoms with van der Waals surface area (Å²) in [5, 5.41) is 9.82. The molecule has 3 aromatic rings. The number of anilines is 2. The summed E-state index contributed by atoms with van der Waals surface area (Å²) in [4.78, 5) is 67.3. The monoisotopic (exact) mass is 625 g/mol. The van der Waals surface area contributed by atoms with E-state index in [1.807, 2.05) is 53.3 Å². The SMILES string of the molecule is CNc1cnn(C(c2ccccc2)C2CN(C(=O)C3CCN(c4ccc5c(c4)C(=O)N(C(C)CCC(=O)NC=O)C5=O)CC3)C2)c1. The number of piperidine rings is 1. The Balaban J connectivity index is 1.04. The highest BCUT2D eigenvalue weighted by Crippen LogP contribution is 2.36. The van der Waals surface area contributed by atoms with Crippen molar-refractivity contribution >= 4 is 41.4 Å². The maximum Gasteiger partial charge on any atom is 0.261 e. The molecule has 2 aromatic carbocycles. The van der Waals surface area contributed by atoms with E-state index in [9.17, 15) is 24.0 Å². The second kappa shape index (κ2) is 13.2. The Hall–Kier alpha value is -5.00. The molecule has 3 aliphatic heterocycles. The molecule has 1 aromatic heterocycles. The van der Waals surface area contributed by atoms with Gasteiger partial charge in [0.25, 0.3) is 11.8 Å². The second-order valence-corrected chi connectivity index (χ2v) is 12.4. The van der Waals surface area contributed by atoms with Crippen LogP contribution in [0.25, 0.3) is 0 Å². The summed E-state index contributed by atoms with van der Waals surface area (Å²) in [6.07, 6.45) is 5.85. The third-order valence-electron chi connectivity index (χ3n) is 9.55. The highest BCUT2D eigenvalue weighted by molar-refractivity contribution is 6.22. The molecule has 0 aliphatic carbocycles. The highest BCUT2D eigenvalue weighted by Gasteiger charge is 2.42.